The SMILES string of the molecule is O=C(NNC(=O)N1Cc2ccccc2Oc2ccc(Cl)cc21)c1ccc(-c2ccccn2)s1. The quantitative estimate of drug-likeness (QED) is 0.367. The van der Waals surface area contributed by atoms with Crippen LogP contribution in [-0.4, -0.2) is 16.9 Å². The van der Waals surface area contributed by atoms with Crippen LogP contribution in [0.15, 0.2) is 79.0 Å². The number of amides is 3. The second-order valence-electron chi connectivity index (χ2n) is 7.17. The number of para-hydroxylation sites is 1. The number of nitrogens with one attached hydrogen (secondary N) is 2. The van der Waals surface area contributed by atoms with Crippen LogP contribution >= 0.6 is 22.9 Å². The zero-order valence-corrected chi connectivity index (χ0v) is 18.7. The first-order chi connectivity index (χ1) is 16.1. The van der Waals surface area contributed by atoms with E-state index in [1.165, 1.54) is 16.2 Å². The maximum Gasteiger partial charge on any atom is 0.341 e. The van der Waals surface area contributed by atoms with Crippen LogP contribution in [0.25, 0.3) is 10.6 Å². The minimum atomic E-state index is -0.520. The highest BCUT2D eigenvalue weighted by Gasteiger charge is 2.26. The highest BCUT2D eigenvalue weighted by atomic mass is 35.5. The molecular formula is C24H17ClN4O3S. The molecular weight excluding hydrogens is 460 g/mol. The standard InChI is InChI=1S/C24H17ClN4O3S/c25-16-8-9-20-18(13-16)29(14-15-5-1-2-7-19(15)32-20)24(31)28-27-23(30)22-11-10-21(33-22)17-6-3-4-12-26-17/h1-13H,14H2,(H,27,30)(H,28,31). The summed E-state index contributed by atoms with van der Waals surface area (Å²) < 4.78 is 6.01. The molecule has 0 spiro atoms. The fraction of sp³-hybridized carbons (Fsp3) is 0.0417. The van der Waals surface area contributed by atoms with Gasteiger partial charge in [-0.25, -0.2) is 10.2 Å². The predicted molar refractivity (Wildman–Crippen MR) is 128 cm³/mol. The number of anilines is 1. The van der Waals surface area contributed by atoms with Crippen molar-refractivity contribution in [1.82, 2.24) is 15.8 Å². The fourth-order valence-electron chi connectivity index (χ4n) is 3.42. The number of carbonyl (C=O) groups excluding carboxylic acids is 2. The van der Waals surface area contributed by atoms with Crippen LogP contribution in [0, 0.1) is 0 Å². The molecule has 0 unspecified atom stereocenters. The van der Waals surface area contributed by atoms with Crippen LogP contribution in [0.1, 0.15) is 15.2 Å². The van der Waals surface area contributed by atoms with E-state index in [4.69, 9.17) is 16.3 Å². The average Bonchev–Trinajstić information content (AvgIpc) is 3.28. The van der Waals surface area contributed by atoms with Gasteiger partial charge in [0, 0.05) is 16.8 Å². The number of halogens is 1. The average molecular weight is 477 g/mol. The molecule has 0 radical (unpaired) electrons. The number of urea groups is 1. The third-order valence-corrected chi connectivity index (χ3v) is 6.35. The minimum Gasteiger partial charge on any atom is -0.455 e. The van der Waals surface area contributed by atoms with Crippen LogP contribution < -0.4 is 20.5 Å². The third-order valence-electron chi connectivity index (χ3n) is 5.01. The maximum absolute atomic E-state index is 13.1. The molecule has 164 valence electrons. The fourth-order valence-corrected chi connectivity index (χ4v) is 4.47. The second kappa shape index (κ2) is 8.93. The molecule has 0 fully saturated rings. The zero-order chi connectivity index (χ0) is 22.8. The maximum atomic E-state index is 13.1. The van der Waals surface area contributed by atoms with Crippen molar-refractivity contribution in [2.45, 2.75) is 6.54 Å². The van der Waals surface area contributed by atoms with Gasteiger partial charge in [-0.3, -0.25) is 20.1 Å². The van der Waals surface area contributed by atoms with Crippen LogP contribution in [-0.2, 0) is 6.54 Å². The largest absolute Gasteiger partial charge is 0.455 e. The van der Waals surface area contributed by atoms with E-state index in [0.29, 0.717) is 27.1 Å². The predicted octanol–water partition coefficient (Wildman–Crippen LogP) is 5.63. The number of hydrogen-bond acceptors (Lipinski definition) is 5. The first-order valence-corrected chi connectivity index (χ1v) is 11.2. The summed E-state index contributed by atoms with van der Waals surface area (Å²) in [5.41, 5.74) is 7.09. The molecule has 0 bridgehead atoms. The molecule has 2 N–H and O–H groups in total. The molecule has 5 rings (SSSR count). The third kappa shape index (κ3) is 4.39. The van der Waals surface area contributed by atoms with Crippen molar-refractivity contribution in [3.05, 3.63) is 94.5 Å². The Kier molecular flexibility index (Phi) is 5.68. The summed E-state index contributed by atoms with van der Waals surface area (Å²) in [5, 5.41) is 0.464. The smallest absolute Gasteiger partial charge is 0.341 e. The van der Waals surface area contributed by atoms with Crippen molar-refractivity contribution in [3.63, 3.8) is 0 Å². The van der Waals surface area contributed by atoms with E-state index in [-0.39, 0.29) is 6.54 Å². The summed E-state index contributed by atoms with van der Waals surface area (Å²) in [6, 6.07) is 21.1. The summed E-state index contributed by atoms with van der Waals surface area (Å²) in [5.74, 6) is 0.721. The van der Waals surface area contributed by atoms with E-state index in [1.807, 2.05) is 48.5 Å². The van der Waals surface area contributed by atoms with Crippen LogP contribution in [0.3, 0.4) is 0 Å². The Balaban J connectivity index is 1.34. The number of hydrazine groups is 1. The summed E-state index contributed by atoms with van der Waals surface area (Å²) >= 11 is 7.47. The van der Waals surface area contributed by atoms with E-state index in [1.54, 1.807) is 30.5 Å². The molecule has 3 heterocycles. The lowest BCUT2D eigenvalue weighted by atomic mass is 10.2. The molecule has 0 saturated carbocycles. The van der Waals surface area contributed by atoms with Gasteiger partial charge in [0.15, 0.2) is 5.75 Å². The number of pyridine rings is 1. The number of benzene rings is 2. The summed E-state index contributed by atoms with van der Waals surface area (Å²) in [7, 11) is 0. The van der Waals surface area contributed by atoms with E-state index in [0.717, 1.165) is 16.1 Å². The number of hydrogen-bond donors (Lipinski definition) is 2. The van der Waals surface area contributed by atoms with Crippen molar-refractivity contribution in [2.75, 3.05) is 4.90 Å². The Labute approximate surface area is 198 Å². The molecule has 3 amide bonds. The lowest BCUT2D eigenvalue weighted by Gasteiger charge is -2.22. The molecule has 1 aliphatic heterocycles. The molecule has 0 aliphatic carbocycles. The van der Waals surface area contributed by atoms with E-state index in [9.17, 15) is 9.59 Å². The number of rotatable bonds is 2. The Bertz CT molecular complexity index is 1340. The lowest BCUT2D eigenvalue weighted by molar-refractivity contribution is 0.0941. The zero-order valence-electron chi connectivity index (χ0n) is 17.1. The van der Waals surface area contributed by atoms with Gasteiger partial charge in [0.05, 0.1) is 27.7 Å². The van der Waals surface area contributed by atoms with E-state index in [2.05, 4.69) is 15.8 Å². The normalized spacial score (nSPS) is 12.1. The van der Waals surface area contributed by atoms with Gasteiger partial charge in [0.25, 0.3) is 5.91 Å². The molecule has 0 saturated heterocycles. The first kappa shape index (κ1) is 21.0. The monoisotopic (exact) mass is 476 g/mol. The second-order valence-corrected chi connectivity index (χ2v) is 8.69. The van der Waals surface area contributed by atoms with Crippen LogP contribution in [0.5, 0.6) is 11.5 Å². The number of carbonyl (C=O) groups is 2. The number of ether oxygens (including phenoxy) is 1. The Morgan fingerprint density at radius 1 is 0.970 bits per heavy atom. The van der Waals surface area contributed by atoms with Gasteiger partial charge >= 0.3 is 6.03 Å². The van der Waals surface area contributed by atoms with Crippen LogP contribution in [0.2, 0.25) is 5.02 Å². The number of fused-ring (bicyclic) bond motifs is 2. The molecule has 2 aromatic heterocycles. The number of nitrogens with zero attached hydrogens (tertiary/aromatic N) is 2. The van der Waals surface area contributed by atoms with Crippen molar-refractivity contribution >= 4 is 40.6 Å². The van der Waals surface area contributed by atoms with E-state index >= 15 is 0 Å². The summed E-state index contributed by atoms with van der Waals surface area (Å²) in [6.07, 6.45) is 1.70. The summed E-state index contributed by atoms with van der Waals surface area (Å²) in [6.45, 7) is 0.244. The van der Waals surface area contributed by atoms with Gasteiger partial charge in [-0.1, -0.05) is 35.9 Å². The van der Waals surface area contributed by atoms with Crippen LogP contribution in [0.4, 0.5) is 10.5 Å². The molecule has 1 aliphatic rings. The van der Waals surface area contributed by atoms with Gasteiger partial charge in [-0.15, -0.1) is 11.3 Å². The van der Waals surface area contributed by atoms with Gasteiger partial charge < -0.3 is 4.74 Å². The molecule has 9 heteroatoms. The Morgan fingerprint density at radius 3 is 2.67 bits per heavy atom. The van der Waals surface area contributed by atoms with E-state index < -0.39 is 11.9 Å². The van der Waals surface area contributed by atoms with Crippen molar-refractivity contribution in [2.24, 2.45) is 0 Å². The van der Waals surface area contributed by atoms with Crippen molar-refractivity contribution < 1.29 is 14.3 Å². The van der Waals surface area contributed by atoms with Gasteiger partial charge in [-0.05, 0) is 48.5 Å². The lowest BCUT2D eigenvalue weighted by Crippen LogP contribution is -2.48. The van der Waals surface area contributed by atoms with Gasteiger partial charge in [0.1, 0.15) is 5.75 Å². The highest BCUT2D eigenvalue weighted by molar-refractivity contribution is 7.17. The molecule has 4 aromatic rings. The van der Waals surface area contributed by atoms with Gasteiger partial charge in [-0.2, -0.15) is 0 Å². The Morgan fingerprint density at radius 2 is 1.82 bits per heavy atom. The first-order valence-electron chi connectivity index (χ1n) is 10.0. The molecule has 33 heavy (non-hydrogen) atoms. The topological polar surface area (TPSA) is 83.6 Å². The highest BCUT2D eigenvalue weighted by Crippen LogP contribution is 2.40. The number of aromatic nitrogens is 1. The van der Waals surface area contributed by atoms with Crippen molar-refractivity contribution in [1.29, 1.82) is 0 Å². The molecule has 2 aromatic carbocycles. The summed E-state index contributed by atoms with van der Waals surface area (Å²) in [4.78, 5) is 32.8. The molecule has 0 atom stereocenters. The van der Waals surface area contributed by atoms with Gasteiger partial charge in [0.2, 0.25) is 0 Å². The molecule has 7 nitrogen and oxygen atoms in total. The number of thiophene rings is 1. The Hall–Kier alpha value is -3.88. The van der Waals surface area contributed by atoms with Crippen molar-refractivity contribution in [3.8, 4) is 22.1 Å². The minimum absolute atomic E-state index is 0.244.